The topological polar surface area (TPSA) is 107 Å². The van der Waals surface area contributed by atoms with E-state index in [9.17, 15) is 4.79 Å². The molecule has 1 saturated heterocycles. The van der Waals surface area contributed by atoms with Gasteiger partial charge < -0.3 is 29.3 Å². The lowest BCUT2D eigenvalue weighted by Gasteiger charge is -2.27. The number of imidazole rings is 1. The molecule has 0 saturated carbocycles. The number of hydrogen-bond acceptors (Lipinski definition) is 7. The van der Waals surface area contributed by atoms with Crippen molar-refractivity contribution in [3.05, 3.63) is 18.2 Å². The fourth-order valence-electron chi connectivity index (χ4n) is 2.83. The van der Waals surface area contributed by atoms with Crippen LogP contribution in [0.1, 0.15) is 64.9 Å². The Labute approximate surface area is 159 Å². The van der Waals surface area contributed by atoms with Gasteiger partial charge in [0, 0.05) is 25.5 Å². The van der Waals surface area contributed by atoms with Crippen LogP contribution in [0.3, 0.4) is 0 Å². The Morgan fingerprint density at radius 3 is 2.96 bits per heavy atom. The molecule has 0 radical (unpaired) electrons. The SMILES string of the molecule is C[C@H](OC1CCCCO1)c1nccn1[C@@H](/C=N/O)CNC(=O)OC(C)(C)C. The molecule has 2 rings (SSSR count). The molecule has 152 valence electrons. The quantitative estimate of drug-likeness (QED) is 0.426. The van der Waals surface area contributed by atoms with Crippen molar-refractivity contribution in [3.8, 4) is 0 Å². The number of ether oxygens (including phenoxy) is 3. The van der Waals surface area contributed by atoms with Crippen LogP contribution in [0.2, 0.25) is 0 Å². The van der Waals surface area contributed by atoms with Crippen LogP contribution in [0.25, 0.3) is 0 Å². The first-order valence-electron chi connectivity index (χ1n) is 9.24. The lowest BCUT2D eigenvalue weighted by atomic mass is 10.2. The number of carbonyl (C=O) groups excluding carboxylic acids is 1. The summed E-state index contributed by atoms with van der Waals surface area (Å²) in [5, 5.41) is 14.8. The van der Waals surface area contributed by atoms with E-state index in [-0.39, 0.29) is 18.9 Å². The minimum Gasteiger partial charge on any atom is -0.444 e. The van der Waals surface area contributed by atoms with Gasteiger partial charge in [-0.3, -0.25) is 0 Å². The summed E-state index contributed by atoms with van der Waals surface area (Å²) in [4.78, 5) is 16.3. The van der Waals surface area contributed by atoms with Crippen LogP contribution in [0.15, 0.2) is 17.5 Å². The largest absolute Gasteiger partial charge is 0.444 e. The van der Waals surface area contributed by atoms with Crippen molar-refractivity contribution in [2.24, 2.45) is 5.16 Å². The Morgan fingerprint density at radius 2 is 2.33 bits per heavy atom. The van der Waals surface area contributed by atoms with Gasteiger partial charge in [-0.15, -0.1) is 0 Å². The Hall–Kier alpha value is -2.13. The van der Waals surface area contributed by atoms with Crippen molar-refractivity contribution in [2.45, 2.75) is 71.0 Å². The average Bonchev–Trinajstić information content (AvgIpc) is 3.07. The van der Waals surface area contributed by atoms with E-state index in [0.29, 0.717) is 12.4 Å². The van der Waals surface area contributed by atoms with Crippen molar-refractivity contribution in [3.63, 3.8) is 0 Å². The molecule has 9 heteroatoms. The molecular weight excluding hydrogens is 352 g/mol. The van der Waals surface area contributed by atoms with E-state index in [0.717, 1.165) is 19.3 Å². The van der Waals surface area contributed by atoms with Crippen LogP contribution in [0, 0.1) is 0 Å². The van der Waals surface area contributed by atoms with Gasteiger partial charge in [0.05, 0.1) is 12.3 Å². The molecule has 9 nitrogen and oxygen atoms in total. The van der Waals surface area contributed by atoms with E-state index in [4.69, 9.17) is 19.4 Å². The lowest BCUT2D eigenvalue weighted by molar-refractivity contribution is -0.188. The fraction of sp³-hybridized carbons (Fsp3) is 0.722. The first-order chi connectivity index (χ1) is 12.8. The van der Waals surface area contributed by atoms with Crippen molar-refractivity contribution < 1.29 is 24.2 Å². The molecule has 1 fully saturated rings. The second-order valence-electron chi connectivity index (χ2n) is 7.48. The number of aromatic nitrogens is 2. The number of oxime groups is 1. The number of carbonyl (C=O) groups is 1. The molecule has 0 bridgehead atoms. The summed E-state index contributed by atoms with van der Waals surface area (Å²) in [6.07, 6.45) is 6.59. The second-order valence-corrected chi connectivity index (χ2v) is 7.48. The number of nitrogens with one attached hydrogen (secondary N) is 1. The zero-order valence-corrected chi connectivity index (χ0v) is 16.4. The highest BCUT2D eigenvalue weighted by Gasteiger charge is 2.24. The highest BCUT2D eigenvalue weighted by atomic mass is 16.7. The third-order valence-corrected chi connectivity index (χ3v) is 4.01. The third kappa shape index (κ3) is 6.84. The number of alkyl carbamates (subject to hydrolysis) is 1. The zero-order chi connectivity index (χ0) is 19.9. The molecule has 0 spiro atoms. The summed E-state index contributed by atoms with van der Waals surface area (Å²) in [5.74, 6) is 0.653. The van der Waals surface area contributed by atoms with Crippen molar-refractivity contribution >= 4 is 12.3 Å². The highest BCUT2D eigenvalue weighted by molar-refractivity contribution is 5.69. The first kappa shape index (κ1) is 21.2. The molecule has 2 heterocycles. The average molecular weight is 382 g/mol. The van der Waals surface area contributed by atoms with Crippen LogP contribution < -0.4 is 5.32 Å². The van der Waals surface area contributed by atoms with Gasteiger partial charge in [0.2, 0.25) is 0 Å². The van der Waals surface area contributed by atoms with E-state index in [1.807, 2.05) is 6.92 Å². The van der Waals surface area contributed by atoms with Crippen LogP contribution in [-0.4, -0.2) is 52.1 Å². The minimum absolute atomic E-state index is 0.176. The van der Waals surface area contributed by atoms with E-state index in [2.05, 4.69) is 15.5 Å². The van der Waals surface area contributed by atoms with Gasteiger partial charge in [0.25, 0.3) is 0 Å². The second kappa shape index (κ2) is 9.70. The predicted octanol–water partition coefficient (Wildman–Crippen LogP) is 3.01. The molecule has 2 N–H and O–H groups in total. The summed E-state index contributed by atoms with van der Waals surface area (Å²) < 4.78 is 18.6. The lowest BCUT2D eigenvalue weighted by Crippen LogP contribution is -2.36. The summed E-state index contributed by atoms with van der Waals surface area (Å²) in [6.45, 7) is 8.14. The van der Waals surface area contributed by atoms with Gasteiger partial charge in [0.1, 0.15) is 17.5 Å². The van der Waals surface area contributed by atoms with Crippen LogP contribution in [0.4, 0.5) is 4.79 Å². The van der Waals surface area contributed by atoms with Gasteiger partial charge in [-0.2, -0.15) is 0 Å². The maximum atomic E-state index is 11.9. The monoisotopic (exact) mass is 382 g/mol. The molecule has 1 amide bonds. The molecule has 3 atom stereocenters. The Bertz CT molecular complexity index is 620. The number of hydrogen-bond donors (Lipinski definition) is 2. The van der Waals surface area contributed by atoms with E-state index in [1.165, 1.54) is 6.21 Å². The molecule has 1 aliphatic heterocycles. The maximum Gasteiger partial charge on any atom is 0.407 e. The van der Waals surface area contributed by atoms with Crippen LogP contribution in [-0.2, 0) is 14.2 Å². The van der Waals surface area contributed by atoms with E-state index < -0.39 is 17.7 Å². The van der Waals surface area contributed by atoms with Gasteiger partial charge in [-0.1, -0.05) is 5.16 Å². The molecule has 1 unspecified atom stereocenters. The summed E-state index contributed by atoms with van der Waals surface area (Å²) in [7, 11) is 0. The molecule has 1 aromatic rings. The van der Waals surface area contributed by atoms with Gasteiger partial charge in [-0.25, -0.2) is 9.78 Å². The molecule has 1 aliphatic rings. The normalized spacial score (nSPS) is 20.4. The Kier molecular flexibility index (Phi) is 7.61. The van der Waals surface area contributed by atoms with Gasteiger partial charge in [-0.05, 0) is 47.0 Å². The van der Waals surface area contributed by atoms with Crippen molar-refractivity contribution in [1.82, 2.24) is 14.9 Å². The summed E-state index contributed by atoms with van der Waals surface area (Å²) in [6, 6.07) is -0.446. The van der Waals surface area contributed by atoms with Crippen LogP contribution in [0.5, 0.6) is 0 Å². The summed E-state index contributed by atoms with van der Waals surface area (Å²) in [5.41, 5.74) is -0.590. The predicted molar refractivity (Wildman–Crippen MR) is 98.9 cm³/mol. The molecule has 1 aromatic heterocycles. The summed E-state index contributed by atoms with van der Waals surface area (Å²) >= 11 is 0. The Morgan fingerprint density at radius 1 is 1.56 bits per heavy atom. The maximum absolute atomic E-state index is 11.9. The number of nitrogens with zero attached hydrogens (tertiary/aromatic N) is 3. The van der Waals surface area contributed by atoms with Crippen molar-refractivity contribution in [1.29, 1.82) is 0 Å². The molecule has 27 heavy (non-hydrogen) atoms. The fourth-order valence-corrected chi connectivity index (χ4v) is 2.83. The third-order valence-electron chi connectivity index (χ3n) is 4.01. The van der Waals surface area contributed by atoms with Gasteiger partial charge >= 0.3 is 6.09 Å². The first-order valence-corrected chi connectivity index (χ1v) is 9.24. The van der Waals surface area contributed by atoms with E-state index in [1.54, 1.807) is 37.7 Å². The molecule has 0 aliphatic carbocycles. The van der Waals surface area contributed by atoms with Crippen LogP contribution >= 0.6 is 0 Å². The Balaban J connectivity index is 2.02. The van der Waals surface area contributed by atoms with E-state index >= 15 is 0 Å². The number of amides is 1. The van der Waals surface area contributed by atoms with Crippen molar-refractivity contribution in [2.75, 3.05) is 13.2 Å². The minimum atomic E-state index is -0.590. The molecular formula is C18H30N4O5. The molecule has 0 aromatic carbocycles. The smallest absolute Gasteiger partial charge is 0.407 e. The highest BCUT2D eigenvalue weighted by Crippen LogP contribution is 2.24. The standard InChI is InChI=1S/C18H30N4O5/c1-13(26-15-7-5-6-10-25-15)16-19-8-9-22(16)14(12-21-24)11-20-17(23)27-18(2,3)4/h8-9,12-15,24H,5-7,10-11H2,1-4H3,(H,20,23)/b21-12+/t13-,14+,15?/m0/s1. The number of rotatable bonds is 7. The van der Waals surface area contributed by atoms with Gasteiger partial charge in [0.15, 0.2) is 6.29 Å². The zero-order valence-electron chi connectivity index (χ0n) is 16.4.